The van der Waals surface area contributed by atoms with Gasteiger partial charge in [-0.25, -0.2) is 9.78 Å². The summed E-state index contributed by atoms with van der Waals surface area (Å²) in [6.07, 6.45) is 2.75. The van der Waals surface area contributed by atoms with Crippen LogP contribution in [0.1, 0.15) is 30.3 Å². The monoisotopic (exact) mass is 237 g/mol. The van der Waals surface area contributed by atoms with Crippen molar-refractivity contribution in [1.82, 2.24) is 15.1 Å². The second-order valence-electron chi connectivity index (χ2n) is 3.45. The minimum atomic E-state index is -0.624. The predicted octanol–water partition coefficient (Wildman–Crippen LogP) is 0.868. The molecule has 0 saturated heterocycles. The van der Waals surface area contributed by atoms with Crippen LogP contribution in [0.5, 0.6) is 0 Å². The number of nitrogens with one attached hydrogen (secondary N) is 1. The van der Waals surface area contributed by atoms with Crippen molar-refractivity contribution in [2.75, 3.05) is 6.61 Å². The molecule has 0 saturated carbocycles. The number of aromatic amines is 1. The van der Waals surface area contributed by atoms with Crippen molar-refractivity contribution >= 4 is 17.2 Å². The molecule has 0 unspecified atom stereocenters. The minimum Gasteiger partial charge on any atom is -0.461 e. The van der Waals surface area contributed by atoms with Gasteiger partial charge in [-0.1, -0.05) is 18.5 Å². The van der Waals surface area contributed by atoms with E-state index < -0.39 is 11.5 Å². The second kappa shape index (κ2) is 4.77. The lowest BCUT2D eigenvalue weighted by Crippen LogP contribution is -2.10. The predicted molar refractivity (Wildman–Crippen MR) is 57.6 cm³/mol. The van der Waals surface area contributed by atoms with E-state index in [0.717, 1.165) is 19.0 Å². The van der Waals surface area contributed by atoms with Crippen molar-refractivity contribution < 1.29 is 14.1 Å². The van der Waals surface area contributed by atoms with Crippen molar-refractivity contribution in [3.63, 3.8) is 0 Å². The molecule has 7 heteroatoms. The fourth-order valence-electron chi connectivity index (χ4n) is 1.27. The van der Waals surface area contributed by atoms with Gasteiger partial charge in [0.15, 0.2) is 0 Å². The van der Waals surface area contributed by atoms with Gasteiger partial charge < -0.3 is 14.2 Å². The van der Waals surface area contributed by atoms with Crippen molar-refractivity contribution in [2.24, 2.45) is 0 Å². The van der Waals surface area contributed by atoms with E-state index in [1.54, 1.807) is 0 Å². The van der Waals surface area contributed by atoms with Gasteiger partial charge in [0.1, 0.15) is 5.52 Å². The number of hydrogen-bond donors (Lipinski definition) is 1. The molecule has 0 aliphatic rings. The lowest BCUT2D eigenvalue weighted by molar-refractivity contribution is 0.0490. The Hall–Kier alpha value is -2.18. The zero-order chi connectivity index (χ0) is 12.3. The van der Waals surface area contributed by atoms with Gasteiger partial charge in [-0.2, -0.15) is 0 Å². The van der Waals surface area contributed by atoms with Gasteiger partial charge in [0.05, 0.1) is 12.8 Å². The maximum Gasteiger partial charge on any atom is 0.362 e. The summed E-state index contributed by atoms with van der Waals surface area (Å²) in [5, 5.41) is 3.53. The molecule has 1 N–H and O–H groups in total. The van der Waals surface area contributed by atoms with E-state index in [1.807, 2.05) is 6.92 Å². The zero-order valence-corrected chi connectivity index (χ0v) is 9.23. The van der Waals surface area contributed by atoms with Gasteiger partial charge in [0.25, 0.3) is 11.3 Å². The highest BCUT2D eigenvalue weighted by Crippen LogP contribution is 2.12. The van der Waals surface area contributed by atoms with Crippen LogP contribution in [0.4, 0.5) is 0 Å². The molecule has 17 heavy (non-hydrogen) atoms. The smallest absolute Gasteiger partial charge is 0.362 e. The number of esters is 1. The summed E-state index contributed by atoms with van der Waals surface area (Å²) < 4.78 is 9.76. The Balaban J connectivity index is 2.26. The number of H-pyrrole nitrogens is 1. The summed E-state index contributed by atoms with van der Waals surface area (Å²) >= 11 is 0. The Morgan fingerprint density at radius 2 is 2.41 bits per heavy atom. The first-order valence-corrected chi connectivity index (χ1v) is 5.24. The molecule has 0 fully saturated rings. The van der Waals surface area contributed by atoms with Crippen LogP contribution in [0.25, 0.3) is 11.2 Å². The standard InChI is InChI=1S/C10H11N3O4/c1-2-3-4-16-10(15)8-7-9(17-13-8)11-5-6(14)12-7/h5H,2-4H2,1H3,(H,12,14). The number of hydrogen-bond acceptors (Lipinski definition) is 6. The van der Waals surface area contributed by atoms with Gasteiger partial charge >= 0.3 is 5.97 Å². The maximum atomic E-state index is 11.6. The van der Waals surface area contributed by atoms with E-state index in [1.165, 1.54) is 0 Å². The first kappa shape index (κ1) is 11.3. The summed E-state index contributed by atoms with van der Waals surface area (Å²) in [5.41, 5.74) is -0.212. The second-order valence-corrected chi connectivity index (χ2v) is 3.45. The van der Waals surface area contributed by atoms with Crippen LogP contribution in [0.2, 0.25) is 0 Å². The van der Waals surface area contributed by atoms with Gasteiger partial charge in [-0.05, 0) is 6.42 Å². The summed E-state index contributed by atoms with van der Waals surface area (Å²) in [5.74, 6) is -0.624. The van der Waals surface area contributed by atoms with Gasteiger partial charge in [-0.3, -0.25) is 4.79 Å². The third kappa shape index (κ3) is 2.32. The van der Waals surface area contributed by atoms with E-state index in [0.29, 0.717) is 6.61 Å². The highest BCUT2D eigenvalue weighted by atomic mass is 16.5. The molecule has 0 aliphatic carbocycles. The fourth-order valence-corrected chi connectivity index (χ4v) is 1.27. The molecule has 0 spiro atoms. The molecule has 2 aromatic rings. The van der Waals surface area contributed by atoms with Crippen LogP contribution in [0, 0.1) is 0 Å². The van der Waals surface area contributed by atoms with Gasteiger partial charge in [0, 0.05) is 0 Å². The third-order valence-corrected chi connectivity index (χ3v) is 2.15. The van der Waals surface area contributed by atoms with Crippen LogP contribution in [0.3, 0.4) is 0 Å². The summed E-state index contributed by atoms with van der Waals surface area (Å²) in [4.78, 5) is 28.8. The van der Waals surface area contributed by atoms with E-state index in [2.05, 4.69) is 15.1 Å². The molecule has 7 nitrogen and oxygen atoms in total. The molecule has 0 bridgehead atoms. The van der Waals surface area contributed by atoms with E-state index in [-0.39, 0.29) is 16.9 Å². The van der Waals surface area contributed by atoms with E-state index >= 15 is 0 Å². The molecule has 2 aromatic heterocycles. The summed E-state index contributed by atoms with van der Waals surface area (Å²) in [6, 6.07) is 0. The summed E-state index contributed by atoms with van der Waals surface area (Å²) in [7, 11) is 0. The number of unbranched alkanes of at least 4 members (excludes halogenated alkanes) is 1. The number of carbonyl (C=O) groups excluding carboxylic acids is 1. The van der Waals surface area contributed by atoms with Gasteiger partial charge in [-0.15, -0.1) is 0 Å². The first-order chi connectivity index (χ1) is 8.22. The molecular formula is C10H11N3O4. The average molecular weight is 237 g/mol. The number of fused-ring (bicyclic) bond motifs is 1. The summed E-state index contributed by atoms with van der Waals surface area (Å²) in [6.45, 7) is 2.30. The van der Waals surface area contributed by atoms with Crippen LogP contribution >= 0.6 is 0 Å². The molecular weight excluding hydrogens is 226 g/mol. The van der Waals surface area contributed by atoms with Crippen molar-refractivity contribution in [2.45, 2.75) is 19.8 Å². The van der Waals surface area contributed by atoms with Crippen molar-refractivity contribution in [3.05, 3.63) is 22.2 Å². The van der Waals surface area contributed by atoms with Crippen LogP contribution < -0.4 is 5.56 Å². The molecule has 2 rings (SSSR count). The molecule has 0 radical (unpaired) electrons. The lowest BCUT2D eigenvalue weighted by Gasteiger charge is -1.99. The Labute approximate surface area is 95.8 Å². The normalized spacial score (nSPS) is 10.6. The van der Waals surface area contributed by atoms with E-state index in [9.17, 15) is 9.59 Å². The Kier molecular flexibility index (Phi) is 3.17. The number of aromatic nitrogens is 3. The largest absolute Gasteiger partial charge is 0.461 e. The first-order valence-electron chi connectivity index (χ1n) is 5.24. The number of ether oxygens (including phenoxy) is 1. The lowest BCUT2D eigenvalue weighted by atomic mass is 10.3. The zero-order valence-electron chi connectivity index (χ0n) is 9.23. The molecule has 0 atom stereocenters. The Morgan fingerprint density at radius 3 is 3.18 bits per heavy atom. The van der Waals surface area contributed by atoms with Crippen LogP contribution in [0.15, 0.2) is 15.5 Å². The van der Waals surface area contributed by atoms with Crippen molar-refractivity contribution in [1.29, 1.82) is 0 Å². The van der Waals surface area contributed by atoms with E-state index in [4.69, 9.17) is 9.26 Å². The molecule has 2 heterocycles. The molecule has 0 amide bonds. The minimum absolute atomic E-state index is 0.0543. The maximum absolute atomic E-state index is 11.6. The highest BCUT2D eigenvalue weighted by Gasteiger charge is 2.19. The van der Waals surface area contributed by atoms with Crippen LogP contribution in [-0.4, -0.2) is 27.7 Å². The quantitative estimate of drug-likeness (QED) is 0.625. The Bertz CT molecular complexity index is 586. The van der Waals surface area contributed by atoms with Crippen molar-refractivity contribution in [3.8, 4) is 0 Å². The topological polar surface area (TPSA) is 98.1 Å². The number of rotatable bonds is 4. The molecule has 0 aliphatic heterocycles. The fraction of sp³-hybridized carbons (Fsp3) is 0.400. The highest BCUT2D eigenvalue weighted by molar-refractivity contribution is 5.98. The van der Waals surface area contributed by atoms with Crippen LogP contribution in [-0.2, 0) is 4.74 Å². The number of nitrogens with zero attached hydrogens (tertiary/aromatic N) is 2. The third-order valence-electron chi connectivity index (χ3n) is 2.15. The number of carbonyl (C=O) groups is 1. The van der Waals surface area contributed by atoms with Gasteiger partial charge in [0.2, 0.25) is 5.69 Å². The SMILES string of the molecule is CCCCOC(=O)c1noc2ncc(=O)[nH]c12. The molecule has 90 valence electrons. The average Bonchev–Trinajstić information content (AvgIpc) is 2.72. The Morgan fingerprint density at radius 1 is 1.59 bits per heavy atom. The molecule has 0 aromatic carbocycles.